The number of benzene rings is 2. The zero-order valence-electron chi connectivity index (χ0n) is 21.7. The van der Waals surface area contributed by atoms with E-state index in [4.69, 9.17) is 0 Å². The molecule has 0 radical (unpaired) electrons. The summed E-state index contributed by atoms with van der Waals surface area (Å²) in [5, 5.41) is 5.34. The van der Waals surface area contributed by atoms with E-state index in [-0.39, 0.29) is 0 Å². The Balaban J connectivity index is 0.000000860. The van der Waals surface area contributed by atoms with Crippen LogP contribution in [0.3, 0.4) is 0 Å². The molecule has 0 fully saturated rings. The zero-order valence-corrected chi connectivity index (χ0v) is 21.7. The highest BCUT2D eigenvalue weighted by Crippen LogP contribution is 2.33. The molecule has 4 aromatic rings. The smallest absolute Gasteiger partial charge is 0.0584 e. The van der Waals surface area contributed by atoms with Gasteiger partial charge in [0.1, 0.15) is 0 Å². The van der Waals surface area contributed by atoms with E-state index in [0.717, 1.165) is 0 Å². The van der Waals surface area contributed by atoms with Gasteiger partial charge in [-0.2, -0.15) is 0 Å². The van der Waals surface area contributed by atoms with Crippen molar-refractivity contribution in [2.75, 3.05) is 0 Å². The molecule has 0 aliphatic heterocycles. The minimum Gasteiger partial charge on any atom is -0.343 e. The normalized spacial score (nSPS) is 10.2. The van der Waals surface area contributed by atoms with Crippen molar-refractivity contribution in [2.45, 2.75) is 55.4 Å². The quantitative estimate of drug-likeness (QED) is 0.317. The number of hydrogen-bond donors (Lipinski definition) is 0. The molecule has 0 N–H and O–H groups in total. The predicted molar refractivity (Wildman–Crippen MR) is 144 cm³/mol. The predicted octanol–water partition coefficient (Wildman–Crippen LogP) is 7.28. The molecule has 0 aliphatic carbocycles. The second-order valence-electron chi connectivity index (χ2n) is 7.99. The number of hydrogen-bond acceptors (Lipinski definition) is 0. The average molecular weight is 429 g/mol. The van der Waals surface area contributed by atoms with Crippen LogP contribution in [0.2, 0.25) is 0 Å². The third kappa shape index (κ3) is 4.32. The highest BCUT2D eigenvalue weighted by atomic mass is 15.0. The fourth-order valence-electron chi connectivity index (χ4n) is 4.63. The minimum atomic E-state index is 1.26. The van der Waals surface area contributed by atoms with E-state index >= 15 is 0 Å². The Morgan fingerprint density at radius 1 is 0.500 bits per heavy atom. The van der Waals surface area contributed by atoms with Crippen LogP contribution in [0.1, 0.15) is 55.4 Å². The maximum Gasteiger partial charge on any atom is 0.0584 e. The van der Waals surface area contributed by atoms with Crippen molar-refractivity contribution >= 4 is 21.9 Å². The van der Waals surface area contributed by atoms with Crippen LogP contribution in [0.4, 0.5) is 0 Å². The lowest BCUT2D eigenvalue weighted by molar-refractivity contribution is 0.877. The van der Waals surface area contributed by atoms with Gasteiger partial charge in [0.05, 0.1) is 11.4 Å². The molecule has 2 nitrogen and oxygen atoms in total. The van der Waals surface area contributed by atoms with E-state index in [1.807, 2.05) is 27.7 Å². The number of aromatic nitrogens is 2. The lowest BCUT2D eigenvalue weighted by Gasteiger charge is -2.09. The summed E-state index contributed by atoms with van der Waals surface area (Å²) in [5.41, 5.74) is 7.77. The molecule has 0 saturated heterocycles. The fraction of sp³-hybridized carbons (Fsp3) is 0.333. The monoisotopic (exact) mass is 428 g/mol. The number of rotatable bonds is 2. The van der Waals surface area contributed by atoms with Gasteiger partial charge in [-0.15, -0.1) is 0 Å². The summed E-state index contributed by atoms with van der Waals surface area (Å²) >= 11 is 0. The van der Waals surface area contributed by atoms with Crippen LogP contribution < -0.4 is 10.7 Å². The first-order chi connectivity index (χ1) is 15.4. The van der Waals surface area contributed by atoms with Crippen LogP contribution in [-0.2, 0) is 14.1 Å². The lowest BCUT2D eigenvalue weighted by atomic mass is 10.0. The maximum absolute atomic E-state index is 2.38. The van der Waals surface area contributed by atoms with E-state index in [1.54, 1.807) is 0 Å². The van der Waals surface area contributed by atoms with Crippen LogP contribution in [-0.4, -0.2) is 9.13 Å². The van der Waals surface area contributed by atoms with Crippen LogP contribution in [0, 0.1) is 0 Å². The molecule has 170 valence electrons. The molecule has 2 aromatic carbocycles. The summed E-state index contributed by atoms with van der Waals surface area (Å²) < 4.78 is 4.77. The third-order valence-electron chi connectivity index (χ3n) is 5.58. The summed E-state index contributed by atoms with van der Waals surface area (Å²) in [5.74, 6) is 0. The van der Waals surface area contributed by atoms with Crippen LogP contribution in [0.25, 0.3) is 44.4 Å². The second-order valence-corrected chi connectivity index (χ2v) is 7.99. The van der Waals surface area contributed by atoms with Gasteiger partial charge in [0.25, 0.3) is 0 Å². The summed E-state index contributed by atoms with van der Waals surface area (Å²) in [7, 11) is 4.41. The summed E-state index contributed by atoms with van der Waals surface area (Å²) in [6.07, 6.45) is 0. The number of nitrogens with zero attached hydrogens (tertiary/aromatic N) is 2. The SMILES string of the molecule is CC.CC.CC(C)=c1c2c(-c3ccccc3)n(C)c(=C(C)C)c2c(-c2ccccc2)n1C. The van der Waals surface area contributed by atoms with Gasteiger partial charge < -0.3 is 9.13 Å². The summed E-state index contributed by atoms with van der Waals surface area (Å²) in [6, 6.07) is 21.5. The van der Waals surface area contributed by atoms with Gasteiger partial charge in [-0.1, -0.05) is 99.5 Å². The van der Waals surface area contributed by atoms with Gasteiger partial charge in [-0.05, 0) is 38.8 Å². The molecule has 2 aromatic heterocycles. The Morgan fingerprint density at radius 2 is 0.781 bits per heavy atom. The summed E-state index contributed by atoms with van der Waals surface area (Å²) in [4.78, 5) is 0. The fourth-order valence-corrected chi connectivity index (χ4v) is 4.63. The second kappa shape index (κ2) is 11.0. The largest absolute Gasteiger partial charge is 0.343 e. The van der Waals surface area contributed by atoms with Crippen molar-refractivity contribution in [2.24, 2.45) is 14.1 Å². The maximum atomic E-state index is 2.38. The van der Waals surface area contributed by atoms with E-state index in [1.165, 1.54) is 55.1 Å². The molecule has 0 atom stereocenters. The first kappa shape index (κ1) is 25.3. The van der Waals surface area contributed by atoms with Gasteiger partial charge >= 0.3 is 0 Å². The molecule has 0 amide bonds. The van der Waals surface area contributed by atoms with Gasteiger partial charge in [-0.25, -0.2) is 0 Å². The van der Waals surface area contributed by atoms with Crippen LogP contribution in [0.5, 0.6) is 0 Å². The molecular weight excluding hydrogens is 388 g/mol. The Kier molecular flexibility index (Phi) is 8.72. The Labute approximate surface area is 194 Å². The number of fused-ring (bicyclic) bond motifs is 1. The van der Waals surface area contributed by atoms with Crippen molar-refractivity contribution in [3.63, 3.8) is 0 Å². The van der Waals surface area contributed by atoms with Crippen molar-refractivity contribution in [3.8, 4) is 22.5 Å². The van der Waals surface area contributed by atoms with E-state index < -0.39 is 0 Å². The molecule has 4 rings (SSSR count). The topological polar surface area (TPSA) is 9.86 Å². The Morgan fingerprint density at radius 3 is 1.03 bits per heavy atom. The average Bonchev–Trinajstić information content (AvgIpc) is 3.26. The Bertz CT molecular complexity index is 1170. The van der Waals surface area contributed by atoms with Gasteiger partial charge in [-0.3, -0.25) is 0 Å². The van der Waals surface area contributed by atoms with Crippen molar-refractivity contribution < 1.29 is 0 Å². The van der Waals surface area contributed by atoms with Crippen molar-refractivity contribution in [3.05, 3.63) is 71.4 Å². The van der Waals surface area contributed by atoms with Gasteiger partial charge in [0, 0.05) is 35.6 Å². The Hall–Kier alpha value is -3.00. The van der Waals surface area contributed by atoms with Crippen LogP contribution >= 0.6 is 0 Å². The lowest BCUT2D eigenvalue weighted by Crippen LogP contribution is -2.19. The van der Waals surface area contributed by atoms with E-state index in [2.05, 4.69) is 112 Å². The molecular formula is C30H40N2. The molecule has 2 heterocycles. The minimum absolute atomic E-state index is 1.26. The molecule has 0 spiro atoms. The molecule has 2 heteroatoms. The van der Waals surface area contributed by atoms with E-state index in [0.29, 0.717) is 0 Å². The zero-order chi connectivity index (χ0) is 24.0. The summed E-state index contributed by atoms with van der Waals surface area (Å²) in [6.45, 7) is 16.9. The third-order valence-corrected chi connectivity index (χ3v) is 5.58. The van der Waals surface area contributed by atoms with Gasteiger partial charge in [0.2, 0.25) is 0 Å². The first-order valence-corrected chi connectivity index (χ1v) is 11.9. The molecule has 0 aliphatic rings. The molecule has 32 heavy (non-hydrogen) atoms. The van der Waals surface area contributed by atoms with Gasteiger partial charge in [0.15, 0.2) is 0 Å². The van der Waals surface area contributed by atoms with Crippen LogP contribution in [0.15, 0.2) is 60.7 Å². The highest BCUT2D eigenvalue weighted by molar-refractivity contribution is 6.06. The highest BCUT2D eigenvalue weighted by Gasteiger charge is 2.22. The van der Waals surface area contributed by atoms with Crippen molar-refractivity contribution in [1.82, 2.24) is 9.13 Å². The standard InChI is InChI=1S/C26H28N2.2C2H6/c1-17(2)23-21-22(26(27(23)5)20-15-11-8-12-16-20)24(18(3)4)28(6)25(21)19-13-9-7-10-14-19;2*1-2/h7-16H,1-6H3;2*1-2H3. The van der Waals surface area contributed by atoms with Crippen molar-refractivity contribution in [1.29, 1.82) is 0 Å². The van der Waals surface area contributed by atoms with E-state index in [9.17, 15) is 0 Å². The molecule has 0 unspecified atom stereocenters. The molecule has 0 saturated carbocycles. The first-order valence-electron chi connectivity index (χ1n) is 11.9. The molecule has 0 bridgehead atoms.